The lowest BCUT2D eigenvalue weighted by molar-refractivity contribution is -0.144. The second kappa shape index (κ2) is 7.47. The fourth-order valence-electron chi connectivity index (χ4n) is 0.792. The standard InChI is InChI=1S/C8H15F3N2O2/c9-8(10,11)2-1-7(14)13-4-6-15-5-3-12/h1-6,12H2,(H,13,14). The Hall–Kier alpha value is -0.820. The highest BCUT2D eigenvalue weighted by Crippen LogP contribution is 2.20. The maximum Gasteiger partial charge on any atom is 0.389 e. The summed E-state index contributed by atoms with van der Waals surface area (Å²) in [5.41, 5.74) is 5.13. The molecule has 7 heteroatoms. The van der Waals surface area contributed by atoms with Crippen LogP contribution in [0.5, 0.6) is 0 Å². The van der Waals surface area contributed by atoms with Crippen molar-refractivity contribution in [3.8, 4) is 0 Å². The van der Waals surface area contributed by atoms with Crippen molar-refractivity contribution < 1.29 is 22.7 Å². The number of halogens is 3. The van der Waals surface area contributed by atoms with E-state index < -0.39 is 24.9 Å². The molecule has 0 spiro atoms. The minimum atomic E-state index is -4.28. The second-order valence-corrected chi connectivity index (χ2v) is 2.87. The molecule has 3 N–H and O–H groups in total. The zero-order valence-electron chi connectivity index (χ0n) is 8.27. The molecule has 0 aliphatic heterocycles. The van der Waals surface area contributed by atoms with Crippen LogP contribution in [0.1, 0.15) is 12.8 Å². The van der Waals surface area contributed by atoms with Crippen molar-refractivity contribution >= 4 is 5.91 Å². The highest BCUT2D eigenvalue weighted by Gasteiger charge is 2.27. The van der Waals surface area contributed by atoms with Crippen LogP contribution in [0.4, 0.5) is 13.2 Å². The molecular weight excluding hydrogens is 213 g/mol. The minimum absolute atomic E-state index is 0.205. The summed E-state index contributed by atoms with van der Waals surface area (Å²) in [4.78, 5) is 10.8. The molecule has 0 aromatic carbocycles. The third-order valence-corrected chi connectivity index (χ3v) is 1.47. The number of carbonyl (C=O) groups is 1. The van der Waals surface area contributed by atoms with E-state index in [1.165, 1.54) is 0 Å². The molecule has 0 bridgehead atoms. The summed E-state index contributed by atoms with van der Waals surface area (Å²) in [6.07, 6.45) is -5.92. The SMILES string of the molecule is NCCOCCNC(=O)CCC(F)(F)F. The summed E-state index contributed by atoms with van der Waals surface area (Å²) in [5.74, 6) is -0.622. The maximum absolute atomic E-state index is 11.7. The number of hydrogen-bond donors (Lipinski definition) is 2. The molecule has 0 aromatic heterocycles. The summed E-state index contributed by atoms with van der Waals surface area (Å²) in [6, 6.07) is 0. The monoisotopic (exact) mass is 228 g/mol. The third-order valence-electron chi connectivity index (χ3n) is 1.47. The third kappa shape index (κ3) is 11.1. The molecule has 0 saturated heterocycles. The largest absolute Gasteiger partial charge is 0.389 e. The molecule has 0 radical (unpaired) electrons. The van der Waals surface area contributed by atoms with Crippen LogP contribution in [0.25, 0.3) is 0 Å². The number of rotatable bonds is 7. The average molecular weight is 228 g/mol. The van der Waals surface area contributed by atoms with Gasteiger partial charge in [0.1, 0.15) is 0 Å². The molecule has 0 aromatic rings. The molecular formula is C8H15F3N2O2. The van der Waals surface area contributed by atoms with Gasteiger partial charge in [-0.1, -0.05) is 0 Å². The lowest BCUT2D eigenvalue weighted by atomic mass is 10.3. The van der Waals surface area contributed by atoms with Crippen LogP contribution in [0, 0.1) is 0 Å². The van der Waals surface area contributed by atoms with Gasteiger partial charge in [-0.15, -0.1) is 0 Å². The lowest BCUT2D eigenvalue weighted by Crippen LogP contribution is -2.28. The summed E-state index contributed by atoms with van der Waals surface area (Å²) >= 11 is 0. The summed E-state index contributed by atoms with van der Waals surface area (Å²) in [5, 5.41) is 2.31. The molecule has 0 aliphatic carbocycles. The van der Waals surface area contributed by atoms with Gasteiger partial charge in [-0.3, -0.25) is 4.79 Å². The van der Waals surface area contributed by atoms with Gasteiger partial charge in [0, 0.05) is 19.5 Å². The fraction of sp³-hybridized carbons (Fsp3) is 0.875. The van der Waals surface area contributed by atoms with Gasteiger partial charge >= 0.3 is 6.18 Å². The van der Waals surface area contributed by atoms with Gasteiger partial charge in [-0.25, -0.2) is 0 Å². The summed E-state index contributed by atoms with van der Waals surface area (Å²) in [6.45, 7) is 1.21. The highest BCUT2D eigenvalue weighted by molar-refractivity contribution is 5.75. The van der Waals surface area contributed by atoms with Crippen LogP contribution in [0.3, 0.4) is 0 Å². The van der Waals surface area contributed by atoms with Crippen molar-refractivity contribution in [2.75, 3.05) is 26.3 Å². The Morgan fingerprint density at radius 3 is 2.53 bits per heavy atom. The Bertz CT molecular complexity index is 185. The van der Waals surface area contributed by atoms with Gasteiger partial charge in [0.15, 0.2) is 0 Å². The number of hydrogen-bond acceptors (Lipinski definition) is 3. The summed E-state index contributed by atoms with van der Waals surface area (Å²) in [7, 11) is 0. The van der Waals surface area contributed by atoms with Crippen molar-refractivity contribution in [2.24, 2.45) is 5.73 Å². The van der Waals surface area contributed by atoms with Gasteiger partial charge < -0.3 is 15.8 Å². The van der Waals surface area contributed by atoms with Gasteiger partial charge in [-0.2, -0.15) is 13.2 Å². The average Bonchev–Trinajstić information content (AvgIpc) is 2.13. The number of nitrogens with one attached hydrogen (secondary N) is 1. The Balaban J connectivity index is 3.34. The van der Waals surface area contributed by atoms with E-state index in [4.69, 9.17) is 10.5 Å². The Morgan fingerprint density at radius 1 is 1.33 bits per heavy atom. The second-order valence-electron chi connectivity index (χ2n) is 2.87. The van der Waals surface area contributed by atoms with E-state index >= 15 is 0 Å². The van der Waals surface area contributed by atoms with Crippen molar-refractivity contribution in [1.82, 2.24) is 5.32 Å². The minimum Gasteiger partial charge on any atom is -0.378 e. The molecule has 0 fully saturated rings. The van der Waals surface area contributed by atoms with E-state index in [0.29, 0.717) is 13.2 Å². The topological polar surface area (TPSA) is 64.3 Å². The zero-order chi connectivity index (χ0) is 11.7. The van der Waals surface area contributed by atoms with Gasteiger partial charge in [0.25, 0.3) is 0 Å². The zero-order valence-corrected chi connectivity index (χ0v) is 8.27. The molecule has 0 saturated carbocycles. The van der Waals surface area contributed by atoms with E-state index in [1.54, 1.807) is 0 Å². The Morgan fingerprint density at radius 2 is 2.00 bits per heavy atom. The smallest absolute Gasteiger partial charge is 0.378 e. The van der Waals surface area contributed by atoms with Gasteiger partial charge in [0.05, 0.1) is 19.6 Å². The first-order chi connectivity index (χ1) is 6.95. The van der Waals surface area contributed by atoms with Crippen molar-refractivity contribution in [3.63, 3.8) is 0 Å². The Labute approximate surface area is 86.0 Å². The van der Waals surface area contributed by atoms with Crippen molar-refractivity contribution in [3.05, 3.63) is 0 Å². The summed E-state index contributed by atoms with van der Waals surface area (Å²) < 4.78 is 40.0. The van der Waals surface area contributed by atoms with Crippen LogP contribution < -0.4 is 11.1 Å². The predicted molar refractivity (Wildman–Crippen MR) is 48.2 cm³/mol. The number of alkyl halides is 3. The maximum atomic E-state index is 11.7. The van der Waals surface area contributed by atoms with Crippen molar-refractivity contribution in [2.45, 2.75) is 19.0 Å². The van der Waals surface area contributed by atoms with Crippen LogP contribution in [-0.2, 0) is 9.53 Å². The molecule has 15 heavy (non-hydrogen) atoms. The first-order valence-corrected chi connectivity index (χ1v) is 4.57. The fourth-order valence-corrected chi connectivity index (χ4v) is 0.792. The first kappa shape index (κ1) is 14.2. The molecule has 4 nitrogen and oxygen atoms in total. The quantitative estimate of drug-likeness (QED) is 0.621. The van der Waals surface area contributed by atoms with E-state index in [9.17, 15) is 18.0 Å². The first-order valence-electron chi connectivity index (χ1n) is 4.57. The molecule has 0 rings (SSSR count). The molecule has 1 amide bonds. The molecule has 90 valence electrons. The van der Waals surface area contributed by atoms with Crippen LogP contribution in [-0.4, -0.2) is 38.4 Å². The van der Waals surface area contributed by atoms with E-state index in [1.807, 2.05) is 0 Å². The molecule has 0 unspecified atom stereocenters. The molecule has 0 atom stereocenters. The van der Waals surface area contributed by atoms with Gasteiger partial charge in [-0.05, 0) is 0 Å². The Kier molecular flexibility index (Phi) is 7.06. The van der Waals surface area contributed by atoms with Crippen LogP contribution in [0.15, 0.2) is 0 Å². The van der Waals surface area contributed by atoms with Crippen LogP contribution in [0.2, 0.25) is 0 Å². The van der Waals surface area contributed by atoms with Crippen molar-refractivity contribution in [1.29, 1.82) is 0 Å². The number of nitrogens with two attached hydrogens (primary N) is 1. The lowest BCUT2D eigenvalue weighted by Gasteiger charge is -2.07. The molecule has 0 aliphatic rings. The van der Waals surface area contributed by atoms with E-state index in [2.05, 4.69) is 5.32 Å². The van der Waals surface area contributed by atoms with E-state index in [0.717, 1.165) is 0 Å². The number of carbonyl (C=O) groups excluding carboxylic acids is 1. The predicted octanol–water partition coefficient (Wildman–Crippen LogP) is 0.420. The normalized spacial score (nSPS) is 11.5. The number of amides is 1. The van der Waals surface area contributed by atoms with Crippen LogP contribution >= 0.6 is 0 Å². The van der Waals surface area contributed by atoms with E-state index in [-0.39, 0.29) is 13.2 Å². The van der Waals surface area contributed by atoms with Gasteiger partial charge in [0.2, 0.25) is 5.91 Å². The molecule has 0 heterocycles. The number of ether oxygens (including phenoxy) is 1. The highest BCUT2D eigenvalue weighted by atomic mass is 19.4.